The van der Waals surface area contributed by atoms with E-state index in [4.69, 9.17) is 10.3 Å². The molecule has 1 fully saturated rings. The van der Waals surface area contributed by atoms with E-state index in [1.807, 2.05) is 24.3 Å². The summed E-state index contributed by atoms with van der Waals surface area (Å²) in [6.45, 7) is 1.03. The SMILES string of the molecule is NCc1ccc(-c2noc(C3CCCCN3C(=O)c3ccc(=O)[nH]n3)n2)cc1. The van der Waals surface area contributed by atoms with Crippen LogP contribution in [0, 0.1) is 0 Å². The Kier molecular flexibility index (Phi) is 4.98. The number of nitrogens with zero attached hydrogens (tertiary/aromatic N) is 4. The van der Waals surface area contributed by atoms with Gasteiger partial charge in [-0.2, -0.15) is 10.1 Å². The molecular formula is C19H20N6O3. The topological polar surface area (TPSA) is 131 Å². The van der Waals surface area contributed by atoms with E-state index in [0.717, 1.165) is 30.4 Å². The van der Waals surface area contributed by atoms with E-state index in [9.17, 15) is 9.59 Å². The number of hydrogen-bond acceptors (Lipinski definition) is 7. The number of nitrogens with two attached hydrogens (primary N) is 1. The monoisotopic (exact) mass is 380 g/mol. The molecule has 4 rings (SSSR count). The molecule has 1 aromatic carbocycles. The number of carbonyl (C=O) groups excluding carboxylic acids is 1. The lowest BCUT2D eigenvalue weighted by Crippen LogP contribution is -2.39. The number of amides is 1. The summed E-state index contributed by atoms with van der Waals surface area (Å²) < 4.78 is 5.49. The molecule has 3 heterocycles. The number of hydrogen-bond donors (Lipinski definition) is 2. The molecule has 1 atom stereocenters. The molecule has 1 aliphatic heterocycles. The molecule has 1 aliphatic rings. The van der Waals surface area contributed by atoms with Gasteiger partial charge >= 0.3 is 0 Å². The van der Waals surface area contributed by atoms with Crippen LogP contribution in [0.1, 0.15) is 47.2 Å². The van der Waals surface area contributed by atoms with Crippen LogP contribution in [-0.4, -0.2) is 37.7 Å². The maximum absolute atomic E-state index is 12.9. The first-order chi connectivity index (χ1) is 13.7. The Labute approximate surface area is 160 Å². The normalized spacial score (nSPS) is 16.9. The van der Waals surface area contributed by atoms with Crippen molar-refractivity contribution in [2.75, 3.05) is 6.54 Å². The van der Waals surface area contributed by atoms with Crippen LogP contribution in [0.25, 0.3) is 11.4 Å². The number of carbonyl (C=O) groups is 1. The van der Waals surface area contributed by atoms with Gasteiger partial charge in [-0.1, -0.05) is 29.4 Å². The van der Waals surface area contributed by atoms with Crippen LogP contribution in [0.4, 0.5) is 0 Å². The molecule has 0 saturated carbocycles. The Morgan fingerprint density at radius 1 is 1.21 bits per heavy atom. The van der Waals surface area contributed by atoms with Crippen LogP contribution in [0.2, 0.25) is 0 Å². The van der Waals surface area contributed by atoms with Gasteiger partial charge in [0.05, 0.1) is 0 Å². The predicted molar refractivity (Wildman–Crippen MR) is 100 cm³/mol. The van der Waals surface area contributed by atoms with Gasteiger partial charge in [0.2, 0.25) is 11.7 Å². The third-order valence-corrected chi connectivity index (χ3v) is 4.84. The van der Waals surface area contributed by atoms with E-state index in [-0.39, 0.29) is 23.2 Å². The molecule has 28 heavy (non-hydrogen) atoms. The lowest BCUT2D eigenvalue weighted by atomic mass is 10.0. The molecule has 0 spiro atoms. The van der Waals surface area contributed by atoms with Gasteiger partial charge < -0.3 is 15.2 Å². The Morgan fingerprint density at radius 2 is 2.04 bits per heavy atom. The van der Waals surface area contributed by atoms with Crippen molar-refractivity contribution in [3.05, 3.63) is 63.9 Å². The highest BCUT2D eigenvalue weighted by atomic mass is 16.5. The minimum atomic E-state index is -0.353. The number of likely N-dealkylation sites (tertiary alicyclic amines) is 1. The zero-order valence-corrected chi connectivity index (χ0v) is 15.2. The van der Waals surface area contributed by atoms with Gasteiger partial charge in [0.1, 0.15) is 11.7 Å². The molecule has 2 aromatic heterocycles. The second kappa shape index (κ2) is 7.73. The standard InChI is InChI=1S/C19H20N6O3/c20-11-12-4-6-13(7-5-12)17-21-18(28-24-17)15-3-1-2-10-25(15)19(27)14-8-9-16(26)23-22-14/h4-9,15H,1-3,10-11,20H2,(H,23,26). The zero-order chi connectivity index (χ0) is 19.5. The van der Waals surface area contributed by atoms with Gasteiger partial charge in [-0.05, 0) is 30.9 Å². The Bertz CT molecular complexity index is 1010. The van der Waals surface area contributed by atoms with Crippen molar-refractivity contribution in [3.63, 3.8) is 0 Å². The van der Waals surface area contributed by atoms with E-state index < -0.39 is 0 Å². The fraction of sp³-hybridized carbons (Fsp3) is 0.316. The summed E-state index contributed by atoms with van der Waals surface area (Å²) in [4.78, 5) is 30.3. The maximum atomic E-state index is 12.9. The minimum Gasteiger partial charge on any atom is -0.337 e. The fourth-order valence-electron chi connectivity index (χ4n) is 3.32. The van der Waals surface area contributed by atoms with Crippen molar-refractivity contribution >= 4 is 5.91 Å². The summed E-state index contributed by atoms with van der Waals surface area (Å²) in [5.74, 6) is 0.599. The second-order valence-electron chi connectivity index (χ2n) is 6.67. The van der Waals surface area contributed by atoms with Crippen molar-refractivity contribution in [2.45, 2.75) is 31.8 Å². The van der Waals surface area contributed by atoms with E-state index in [2.05, 4.69) is 20.3 Å². The van der Waals surface area contributed by atoms with E-state index in [0.29, 0.717) is 24.8 Å². The van der Waals surface area contributed by atoms with Crippen LogP contribution in [0.15, 0.2) is 45.7 Å². The van der Waals surface area contributed by atoms with Crippen molar-refractivity contribution in [2.24, 2.45) is 5.73 Å². The molecule has 3 N–H and O–H groups in total. The third-order valence-electron chi connectivity index (χ3n) is 4.84. The summed E-state index contributed by atoms with van der Waals surface area (Å²) in [5.41, 5.74) is 7.30. The minimum absolute atomic E-state index is 0.184. The smallest absolute Gasteiger partial charge is 0.274 e. The summed E-state index contributed by atoms with van der Waals surface area (Å²) >= 11 is 0. The second-order valence-corrected chi connectivity index (χ2v) is 6.67. The van der Waals surface area contributed by atoms with Crippen molar-refractivity contribution in [1.29, 1.82) is 0 Å². The molecule has 0 bridgehead atoms. The van der Waals surface area contributed by atoms with Crippen LogP contribution in [-0.2, 0) is 6.54 Å². The molecule has 144 valence electrons. The predicted octanol–water partition coefficient (Wildman–Crippen LogP) is 1.65. The number of nitrogens with one attached hydrogen (secondary N) is 1. The summed E-state index contributed by atoms with van der Waals surface area (Å²) in [5, 5.41) is 10.2. The van der Waals surface area contributed by atoms with E-state index in [1.54, 1.807) is 4.90 Å². The molecule has 1 unspecified atom stereocenters. The number of piperidine rings is 1. The maximum Gasteiger partial charge on any atom is 0.274 e. The lowest BCUT2D eigenvalue weighted by Gasteiger charge is -2.33. The molecule has 1 saturated heterocycles. The van der Waals surface area contributed by atoms with Gasteiger partial charge in [-0.3, -0.25) is 9.59 Å². The highest BCUT2D eigenvalue weighted by Gasteiger charge is 2.33. The first-order valence-corrected chi connectivity index (χ1v) is 9.15. The van der Waals surface area contributed by atoms with E-state index in [1.165, 1.54) is 12.1 Å². The largest absolute Gasteiger partial charge is 0.337 e. The summed E-state index contributed by atoms with van der Waals surface area (Å²) in [7, 11) is 0. The van der Waals surface area contributed by atoms with Crippen molar-refractivity contribution in [3.8, 4) is 11.4 Å². The third kappa shape index (κ3) is 3.56. The molecule has 9 nitrogen and oxygen atoms in total. The average Bonchev–Trinajstić information content (AvgIpc) is 3.24. The van der Waals surface area contributed by atoms with Crippen molar-refractivity contribution in [1.82, 2.24) is 25.2 Å². The van der Waals surface area contributed by atoms with Gasteiger partial charge in [-0.15, -0.1) is 0 Å². The molecule has 0 aliphatic carbocycles. The Hall–Kier alpha value is -3.33. The lowest BCUT2D eigenvalue weighted by molar-refractivity contribution is 0.0554. The number of rotatable bonds is 4. The Balaban J connectivity index is 1.59. The first kappa shape index (κ1) is 18.1. The van der Waals surface area contributed by atoms with Gasteiger partial charge in [0.15, 0.2) is 0 Å². The fourth-order valence-corrected chi connectivity index (χ4v) is 3.32. The number of aromatic amines is 1. The van der Waals surface area contributed by atoms with Crippen molar-refractivity contribution < 1.29 is 9.32 Å². The molecule has 1 amide bonds. The summed E-state index contributed by atoms with van der Waals surface area (Å²) in [6, 6.07) is 10.0. The first-order valence-electron chi connectivity index (χ1n) is 9.15. The average molecular weight is 380 g/mol. The Morgan fingerprint density at radius 3 is 2.75 bits per heavy atom. The van der Waals surface area contributed by atoms with Crippen LogP contribution in [0.5, 0.6) is 0 Å². The summed E-state index contributed by atoms with van der Waals surface area (Å²) in [6.07, 6.45) is 2.56. The molecule has 0 radical (unpaired) electrons. The molecule has 3 aromatic rings. The quantitative estimate of drug-likeness (QED) is 0.703. The van der Waals surface area contributed by atoms with Crippen LogP contribution >= 0.6 is 0 Å². The highest BCUT2D eigenvalue weighted by Crippen LogP contribution is 2.32. The number of benzene rings is 1. The number of H-pyrrole nitrogens is 1. The van der Waals surface area contributed by atoms with Gasteiger partial charge in [0.25, 0.3) is 11.5 Å². The van der Waals surface area contributed by atoms with Gasteiger partial charge in [-0.25, -0.2) is 5.10 Å². The number of aromatic nitrogens is 4. The van der Waals surface area contributed by atoms with Gasteiger partial charge in [0, 0.05) is 24.7 Å². The highest BCUT2D eigenvalue weighted by molar-refractivity contribution is 5.92. The van der Waals surface area contributed by atoms with Crippen LogP contribution in [0.3, 0.4) is 0 Å². The zero-order valence-electron chi connectivity index (χ0n) is 15.2. The molecular weight excluding hydrogens is 360 g/mol. The molecule has 9 heteroatoms. The van der Waals surface area contributed by atoms with Crippen LogP contribution < -0.4 is 11.3 Å². The van der Waals surface area contributed by atoms with E-state index >= 15 is 0 Å².